The van der Waals surface area contributed by atoms with Crippen molar-refractivity contribution < 1.29 is 18.7 Å². The Morgan fingerprint density at radius 2 is 1.92 bits per heavy atom. The first-order chi connectivity index (χ1) is 11.5. The molecule has 24 heavy (non-hydrogen) atoms. The molecule has 0 radical (unpaired) electrons. The molecule has 126 valence electrons. The van der Waals surface area contributed by atoms with Crippen LogP contribution in [0.3, 0.4) is 0 Å². The van der Waals surface area contributed by atoms with E-state index in [2.05, 4.69) is 10.6 Å². The van der Waals surface area contributed by atoms with E-state index in [1.54, 1.807) is 36.4 Å². The molecular weight excluding hydrogens is 335 g/mol. The maximum atomic E-state index is 13.3. The Balaban J connectivity index is 1.94. The summed E-state index contributed by atoms with van der Waals surface area (Å²) in [6.07, 6.45) is -0.572. The number of hydrogen-bond acceptors (Lipinski definition) is 3. The molecular formula is C17H16ClFN2O3. The summed E-state index contributed by atoms with van der Waals surface area (Å²) in [7, 11) is 1.44. The fourth-order valence-corrected chi connectivity index (χ4v) is 2.23. The molecule has 0 aliphatic rings. The average molecular weight is 351 g/mol. The first-order valence-corrected chi connectivity index (χ1v) is 7.51. The number of rotatable bonds is 5. The van der Waals surface area contributed by atoms with Crippen LogP contribution in [-0.2, 0) is 14.3 Å². The number of anilines is 1. The highest BCUT2D eigenvalue weighted by Gasteiger charge is 2.18. The van der Waals surface area contributed by atoms with Crippen molar-refractivity contribution >= 4 is 29.1 Å². The summed E-state index contributed by atoms with van der Waals surface area (Å²) in [4.78, 5) is 23.8. The number of benzene rings is 2. The van der Waals surface area contributed by atoms with Crippen molar-refractivity contribution in [1.82, 2.24) is 5.32 Å². The molecule has 0 saturated heterocycles. The molecule has 0 spiro atoms. The van der Waals surface area contributed by atoms with E-state index in [9.17, 15) is 14.0 Å². The van der Waals surface area contributed by atoms with E-state index >= 15 is 0 Å². The lowest BCUT2D eigenvalue weighted by Crippen LogP contribution is -2.38. The summed E-state index contributed by atoms with van der Waals surface area (Å²) in [6.45, 7) is 0.0225. The monoisotopic (exact) mass is 350 g/mol. The third kappa shape index (κ3) is 4.78. The predicted molar refractivity (Wildman–Crippen MR) is 89.2 cm³/mol. The van der Waals surface area contributed by atoms with Gasteiger partial charge in [0.1, 0.15) is 5.82 Å². The molecule has 7 heteroatoms. The quantitative estimate of drug-likeness (QED) is 0.815. The fraction of sp³-hybridized carbons (Fsp3) is 0.176. The van der Waals surface area contributed by atoms with E-state index in [0.717, 1.165) is 0 Å². The second kappa shape index (κ2) is 8.42. The van der Waals surface area contributed by atoms with Gasteiger partial charge in [0.05, 0.1) is 16.8 Å². The van der Waals surface area contributed by atoms with Gasteiger partial charge in [-0.2, -0.15) is 0 Å². The number of carbonyl (C=O) groups is 2. The van der Waals surface area contributed by atoms with Crippen LogP contribution in [0.1, 0.15) is 11.7 Å². The summed E-state index contributed by atoms with van der Waals surface area (Å²) < 4.78 is 18.5. The number of hydrogen-bond donors (Lipinski definition) is 2. The van der Waals surface area contributed by atoms with Gasteiger partial charge >= 0.3 is 11.8 Å². The van der Waals surface area contributed by atoms with Crippen molar-refractivity contribution in [2.24, 2.45) is 0 Å². The first-order valence-electron chi connectivity index (χ1n) is 7.13. The van der Waals surface area contributed by atoms with Gasteiger partial charge in [0, 0.05) is 13.7 Å². The molecule has 0 bridgehead atoms. The van der Waals surface area contributed by atoms with Crippen molar-refractivity contribution in [1.29, 1.82) is 0 Å². The Bertz CT molecular complexity index is 739. The largest absolute Gasteiger partial charge is 0.375 e. The van der Waals surface area contributed by atoms with Gasteiger partial charge in [0.25, 0.3) is 0 Å². The van der Waals surface area contributed by atoms with Gasteiger partial charge in [-0.3, -0.25) is 9.59 Å². The minimum Gasteiger partial charge on any atom is -0.375 e. The Labute approximate surface area is 143 Å². The van der Waals surface area contributed by atoms with Crippen LogP contribution in [0.5, 0.6) is 0 Å². The van der Waals surface area contributed by atoms with Crippen molar-refractivity contribution in [3.8, 4) is 0 Å². The summed E-state index contributed by atoms with van der Waals surface area (Å²) in [6, 6.07) is 12.4. The Morgan fingerprint density at radius 1 is 1.17 bits per heavy atom. The van der Waals surface area contributed by atoms with Gasteiger partial charge in [-0.15, -0.1) is 0 Å². The zero-order valence-electron chi connectivity index (χ0n) is 12.9. The third-order valence-corrected chi connectivity index (χ3v) is 3.61. The number of methoxy groups -OCH3 is 1. The van der Waals surface area contributed by atoms with Gasteiger partial charge in [-0.25, -0.2) is 4.39 Å². The molecule has 1 unspecified atom stereocenters. The Kier molecular flexibility index (Phi) is 6.28. The third-order valence-electron chi connectivity index (χ3n) is 3.28. The minimum absolute atomic E-state index is 0.0225. The highest BCUT2D eigenvalue weighted by Crippen LogP contribution is 2.20. The molecule has 0 aliphatic carbocycles. The highest BCUT2D eigenvalue weighted by molar-refractivity contribution is 6.41. The highest BCUT2D eigenvalue weighted by atomic mass is 35.5. The first kappa shape index (κ1) is 17.9. The molecule has 1 atom stereocenters. The zero-order chi connectivity index (χ0) is 17.5. The normalized spacial score (nSPS) is 11.6. The van der Waals surface area contributed by atoms with Gasteiger partial charge in [-0.1, -0.05) is 35.9 Å². The number of amides is 2. The van der Waals surface area contributed by atoms with Gasteiger partial charge in [0.2, 0.25) is 0 Å². The van der Waals surface area contributed by atoms with Crippen molar-refractivity contribution in [2.75, 3.05) is 19.0 Å². The lowest BCUT2D eigenvalue weighted by Gasteiger charge is -2.16. The van der Waals surface area contributed by atoms with Crippen LogP contribution in [0.4, 0.5) is 10.1 Å². The zero-order valence-corrected chi connectivity index (χ0v) is 13.6. The lowest BCUT2D eigenvalue weighted by molar-refractivity contribution is -0.136. The maximum absolute atomic E-state index is 13.3. The van der Waals surface area contributed by atoms with Crippen molar-refractivity contribution in [3.63, 3.8) is 0 Å². The molecule has 2 rings (SSSR count). The summed E-state index contributed by atoms with van der Waals surface area (Å²) in [5.74, 6) is -2.09. The molecule has 0 aliphatic heterocycles. The molecule has 2 N–H and O–H groups in total. The molecule has 2 amide bonds. The average Bonchev–Trinajstić information content (AvgIpc) is 2.57. The number of nitrogens with one attached hydrogen (secondary N) is 2. The molecule has 0 fully saturated rings. The van der Waals surface area contributed by atoms with E-state index < -0.39 is 23.7 Å². The second-order valence-corrected chi connectivity index (χ2v) is 5.33. The van der Waals surface area contributed by atoms with Crippen LogP contribution < -0.4 is 10.6 Å². The number of halogens is 2. The van der Waals surface area contributed by atoms with Crippen molar-refractivity contribution in [2.45, 2.75) is 6.10 Å². The minimum atomic E-state index is -0.850. The second-order valence-electron chi connectivity index (χ2n) is 4.92. The predicted octanol–water partition coefficient (Wildman–Crippen LogP) is 2.92. The SMILES string of the molecule is COC(CNC(=O)C(=O)Nc1ccccc1Cl)c1cccc(F)c1. The van der Waals surface area contributed by atoms with Crippen LogP contribution in [-0.4, -0.2) is 25.5 Å². The molecule has 0 saturated carbocycles. The van der Waals surface area contributed by atoms with Crippen molar-refractivity contribution in [3.05, 3.63) is 64.9 Å². The van der Waals surface area contributed by atoms with Crippen LogP contribution in [0.2, 0.25) is 5.02 Å². The van der Waals surface area contributed by atoms with E-state index in [-0.39, 0.29) is 6.54 Å². The molecule has 2 aromatic rings. The van der Waals surface area contributed by atoms with Gasteiger partial charge in [0.15, 0.2) is 0 Å². The number of para-hydroxylation sites is 1. The van der Waals surface area contributed by atoms with E-state index in [0.29, 0.717) is 16.3 Å². The van der Waals surface area contributed by atoms with Crippen LogP contribution in [0.15, 0.2) is 48.5 Å². The number of ether oxygens (including phenoxy) is 1. The van der Waals surface area contributed by atoms with E-state index in [1.807, 2.05) is 0 Å². The molecule has 0 aromatic heterocycles. The van der Waals surface area contributed by atoms with Gasteiger partial charge < -0.3 is 15.4 Å². The summed E-state index contributed by atoms with van der Waals surface area (Å²) in [5.41, 5.74) is 0.900. The van der Waals surface area contributed by atoms with Crippen LogP contribution in [0.25, 0.3) is 0 Å². The Morgan fingerprint density at radius 3 is 2.58 bits per heavy atom. The van der Waals surface area contributed by atoms with Crippen LogP contribution in [0, 0.1) is 5.82 Å². The van der Waals surface area contributed by atoms with Crippen LogP contribution >= 0.6 is 11.6 Å². The van der Waals surface area contributed by atoms with E-state index in [1.165, 1.54) is 19.2 Å². The smallest absolute Gasteiger partial charge is 0.313 e. The topological polar surface area (TPSA) is 67.4 Å². The van der Waals surface area contributed by atoms with E-state index in [4.69, 9.17) is 16.3 Å². The lowest BCUT2D eigenvalue weighted by atomic mass is 10.1. The summed E-state index contributed by atoms with van der Waals surface area (Å²) >= 11 is 5.92. The molecule has 2 aromatic carbocycles. The summed E-state index contributed by atoms with van der Waals surface area (Å²) in [5, 5.41) is 5.19. The number of carbonyl (C=O) groups excluding carboxylic acids is 2. The molecule has 5 nitrogen and oxygen atoms in total. The molecule has 0 heterocycles. The standard InChI is InChI=1S/C17H16ClFN2O3/c1-24-15(11-5-4-6-12(19)9-11)10-20-16(22)17(23)21-14-8-3-2-7-13(14)18/h2-9,15H,10H2,1H3,(H,20,22)(H,21,23). The maximum Gasteiger partial charge on any atom is 0.313 e. The van der Waals surface area contributed by atoms with Gasteiger partial charge in [-0.05, 0) is 29.8 Å². The Hall–Kier alpha value is -2.44. The fourth-order valence-electron chi connectivity index (χ4n) is 2.05.